The molecule has 2 rings (SSSR count). The first kappa shape index (κ1) is 12.7. The average Bonchev–Trinajstić information content (AvgIpc) is 2.26. The van der Waals surface area contributed by atoms with Gasteiger partial charge < -0.3 is 9.47 Å². The van der Waals surface area contributed by atoms with Crippen LogP contribution in [0.4, 0.5) is 13.2 Å². The summed E-state index contributed by atoms with van der Waals surface area (Å²) in [6.07, 6.45) is -4.79. The number of alkyl halides is 3. The molecule has 0 spiro atoms. The Bertz CT molecular complexity index is 480. The Balaban J connectivity index is 2.51. The van der Waals surface area contributed by atoms with E-state index in [0.717, 1.165) is 6.07 Å². The van der Waals surface area contributed by atoms with E-state index in [9.17, 15) is 18.0 Å². The molecule has 0 saturated carbocycles. The molecule has 0 unspecified atom stereocenters. The average molecular weight is 260 g/mol. The molecule has 0 fully saturated rings. The zero-order valence-electron chi connectivity index (χ0n) is 9.63. The molecule has 0 amide bonds. The Morgan fingerprint density at radius 2 is 1.78 bits per heavy atom. The maximum absolute atomic E-state index is 12.9. The Kier molecular flexibility index (Phi) is 3.19. The third kappa shape index (κ3) is 2.57. The van der Waals surface area contributed by atoms with Gasteiger partial charge in [-0.2, -0.15) is 13.2 Å². The smallest absolute Gasteiger partial charge is 0.416 e. The molecule has 0 aromatic heterocycles. The lowest BCUT2D eigenvalue weighted by Gasteiger charge is -2.21. The van der Waals surface area contributed by atoms with Gasteiger partial charge >= 0.3 is 6.18 Å². The molecule has 0 atom stereocenters. The molecular formula is C12H11F3O3. The Labute approximate surface area is 102 Å². The summed E-state index contributed by atoms with van der Waals surface area (Å²) in [5.41, 5.74) is -0.929. The monoisotopic (exact) mass is 260 g/mol. The highest BCUT2D eigenvalue weighted by Gasteiger charge is 2.35. The highest BCUT2D eigenvalue weighted by molar-refractivity contribution is 5.79. The normalized spacial score (nSPS) is 14.4. The van der Waals surface area contributed by atoms with Gasteiger partial charge in [0.2, 0.25) is 0 Å². The van der Waals surface area contributed by atoms with Gasteiger partial charge in [0, 0.05) is 6.42 Å². The minimum atomic E-state index is -4.51. The van der Waals surface area contributed by atoms with Crippen LogP contribution in [0.3, 0.4) is 0 Å². The van der Waals surface area contributed by atoms with Gasteiger partial charge in [-0.3, -0.25) is 4.79 Å². The van der Waals surface area contributed by atoms with Gasteiger partial charge in [0.05, 0.1) is 5.56 Å². The van der Waals surface area contributed by atoms with E-state index in [1.165, 1.54) is 13.0 Å². The molecule has 18 heavy (non-hydrogen) atoms. The van der Waals surface area contributed by atoms with Crippen LogP contribution in [-0.2, 0) is 17.4 Å². The fourth-order valence-electron chi connectivity index (χ4n) is 1.81. The summed E-state index contributed by atoms with van der Waals surface area (Å²) in [5, 5.41) is 0. The van der Waals surface area contributed by atoms with Crippen LogP contribution in [0.15, 0.2) is 12.1 Å². The second-order valence-electron chi connectivity index (χ2n) is 4.03. The molecular weight excluding hydrogens is 249 g/mol. The predicted molar refractivity (Wildman–Crippen MR) is 56.8 cm³/mol. The molecule has 0 bridgehead atoms. The molecule has 3 nitrogen and oxygen atoms in total. The van der Waals surface area contributed by atoms with Crippen molar-refractivity contribution in [1.29, 1.82) is 0 Å². The minimum Gasteiger partial charge on any atom is -0.486 e. The van der Waals surface area contributed by atoms with Gasteiger partial charge in [-0.15, -0.1) is 0 Å². The van der Waals surface area contributed by atoms with Gasteiger partial charge in [-0.25, -0.2) is 0 Å². The first-order valence-corrected chi connectivity index (χ1v) is 5.37. The van der Waals surface area contributed by atoms with Crippen molar-refractivity contribution in [3.63, 3.8) is 0 Å². The lowest BCUT2D eigenvalue weighted by atomic mass is 10.0. The lowest BCUT2D eigenvalue weighted by Crippen LogP contribution is -2.18. The van der Waals surface area contributed by atoms with Crippen molar-refractivity contribution in [1.82, 2.24) is 0 Å². The number of Topliss-reactive ketones (excluding diaryl/α,β-unsaturated/α-hetero) is 1. The number of carbonyl (C=O) groups is 1. The van der Waals surface area contributed by atoms with E-state index < -0.39 is 11.7 Å². The SMILES string of the molecule is CC(=O)Cc1cc2c(cc1C(F)(F)F)OCCO2. The maximum atomic E-state index is 12.9. The molecule has 0 aliphatic carbocycles. The highest BCUT2D eigenvalue weighted by atomic mass is 19.4. The number of halogens is 3. The fraction of sp³-hybridized carbons (Fsp3) is 0.417. The summed E-state index contributed by atoms with van der Waals surface area (Å²) in [7, 11) is 0. The van der Waals surface area contributed by atoms with Gasteiger partial charge in [-0.1, -0.05) is 0 Å². The summed E-state index contributed by atoms with van der Waals surface area (Å²) in [6, 6.07) is 2.13. The number of fused-ring (bicyclic) bond motifs is 1. The number of ketones is 1. The van der Waals surface area contributed by atoms with Crippen LogP contribution in [0, 0.1) is 0 Å². The van der Waals surface area contributed by atoms with E-state index in [-0.39, 0.29) is 42.5 Å². The van der Waals surface area contributed by atoms with Gasteiger partial charge in [0.15, 0.2) is 11.5 Å². The van der Waals surface area contributed by atoms with Gasteiger partial charge in [-0.05, 0) is 24.6 Å². The standard InChI is InChI=1S/C12H11F3O3/c1-7(16)4-8-5-10-11(18-3-2-17-10)6-9(8)12(13,14)15/h5-6H,2-4H2,1H3. The lowest BCUT2D eigenvalue weighted by molar-refractivity contribution is -0.138. The molecule has 1 aliphatic heterocycles. The van der Waals surface area contributed by atoms with E-state index >= 15 is 0 Å². The molecule has 0 saturated heterocycles. The van der Waals surface area contributed by atoms with Crippen molar-refractivity contribution in [3.8, 4) is 11.5 Å². The maximum Gasteiger partial charge on any atom is 0.416 e. The van der Waals surface area contributed by atoms with Gasteiger partial charge in [0.25, 0.3) is 0 Å². The second kappa shape index (κ2) is 4.51. The largest absolute Gasteiger partial charge is 0.486 e. The number of rotatable bonds is 2. The van der Waals surface area contributed by atoms with Crippen LogP contribution < -0.4 is 9.47 Å². The van der Waals surface area contributed by atoms with Crippen molar-refractivity contribution >= 4 is 5.78 Å². The first-order chi connectivity index (χ1) is 8.38. The molecule has 98 valence electrons. The van der Waals surface area contributed by atoms with Crippen LogP contribution in [0.1, 0.15) is 18.1 Å². The van der Waals surface area contributed by atoms with Crippen molar-refractivity contribution in [3.05, 3.63) is 23.3 Å². The van der Waals surface area contributed by atoms with Crippen LogP contribution >= 0.6 is 0 Å². The number of ether oxygens (including phenoxy) is 2. The third-order valence-corrected chi connectivity index (χ3v) is 2.51. The van der Waals surface area contributed by atoms with E-state index in [4.69, 9.17) is 9.47 Å². The van der Waals surface area contributed by atoms with Crippen LogP contribution in [0.2, 0.25) is 0 Å². The molecule has 1 aromatic rings. The topological polar surface area (TPSA) is 35.5 Å². The molecule has 6 heteroatoms. The van der Waals surface area contributed by atoms with E-state index in [0.29, 0.717) is 0 Å². The summed E-state index contributed by atoms with van der Waals surface area (Å²) in [6.45, 7) is 1.76. The summed E-state index contributed by atoms with van der Waals surface area (Å²) in [4.78, 5) is 11.0. The van der Waals surface area contributed by atoms with Crippen LogP contribution in [0.25, 0.3) is 0 Å². The van der Waals surface area contributed by atoms with E-state index in [1.54, 1.807) is 0 Å². The summed E-state index contributed by atoms with van der Waals surface area (Å²) >= 11 is 0. The summed E-state index contributed by atoms with van der Waals surface area (Å²) in [5.74, 6) is -0.0106. The first-order valence-electron chi connectivity index (χ1n) is 5.37. The zero-order valence-corrected chi connectivity index (χ0v) is 9.63. The van der Waals surface area contributed by atoms with Crippen LogP contribution in [-0.4, -0.2) is 19.0 Å². The molecule has 1 aromatic carbocycles. The van der Waals surface area contributed by atoms with Crippen molar-refractivity contribution < 1.29 is 27.4 Å². The number of carbonyl (C=O) groups excluding carboxylic acids is 1. The quantitative estimate of drug-likeness (QED) is 0.820. The zero-order chi connectivity index (χ0) is 13.3. The minimum absolute atomic E-state index is 0.0703. The molecule has 1 aliphatic rings. The Morgan fingerprint density at radius 1 is 1.22 bits per heavy atom. The number of benzene rings is 1. The van der Waals surface area contributed by atoms with Crippen molar-refractivity contribution in [2.45, 2.75) is 19.5 Å². The summed E-state index contributed by atoms with van der Waals surface area (Å²) < 4.78 is 48.9. The second-order valence-corrected chi connectivity index (χ2v) is 4.03. The molecule has 0 radical (unpaired) electrons. The molecule has 0 N–H and O–H groups in total. The van der Waals surface area contributed by atoms with Gasteiger partial charge in [0.1, 0.15) is 19.0 Å². The van der Waals surface area contributed by atoms with E-state index in [1.807, 2.05) is 0 Å². The van der Waals surface area contributed by atoms with E-state index in [2.05, 4.69) is 0 Å². The predicted octanol–water partition coefficient (Wildman–Crippen LogP) is 2.61. The third-order valence-electron chi connectivity index (χ3n) is 2.51. The number of hydrogen-bond acceptors (Lipinski definition) is 3. The van der Waals surface area contributed by atoms with Crippen molar-refractivity contribution in [2.75, 3.05) is 13.2 Å². The Hall–Kier alpha value is -1.72. The number of hydrogen-bond donors (Lipinski definition) is 0. The Morgan fingerprint density at radius 3 is 2.28 bits per heavy atom. The van der Waals surface area contributed by atoms with Crippen LogP contribution in [0.5, 0.6) is 11.5 Å². The van der Waals surface area contributed by atoms with Crippen molar-refractivity contribution in [2.24, 2.45) is 0 Å². The highest BCUT2D eigenvalue weighted by Crippen LogP contribution is 2.40. The molecule has 1 heterocycles. The fourth-order valence-corrected chi connectivity index (χ4v) is 1.81.